The number of amidine groups is 1. The molecule has 0 radical (unpaired) electrons. The molecule has 1 aliphatic rings. The first-order valence-electron chi connectivity index (χ1n) is 8.58. The molecule has 0 amide bonds. The number of phenols is 1. The molecule has 0 saturated carbocycles. The van der Waals surface area contributed by atoms with Crippen LogP contribution in [0.3, 0.4) is 0 Å². The maximum atomic E-state index is 10.4. The van der Waals surface area contributed by atoms with E-state index >= 15 is 0 Å². The largest absolute Gasteiger partial charge is 0.508 e. The van der Waals surface area contributed by atoms with Gasteiger partial charge in [0.25, 0.3) is 0 Å². The monoisotopic (exact) mass is 341 g/mol. The number of hydrogen-bond donors (Lipinski definition) is 1. The zero-order valence-electron chi connectivity index (χ0n) is 14.6. The zero-order chi connectivity index (χ0) is 18.1. The first kappa shape index (κ1) is 16.1. The number of aromatic hydroxyl groups is 1. The van der Waals surface area contributed by atoms with Crippen LogP contribution in [-0.2, 0) is 6.42 Å². The van der Waals surface area contributed by atoms with Crippen molar-refractivity contribution < 1.29 is 5.11 Å². The lowest BCUT2D eigenvalue weighted by atomic mass is 10.0. The molecule has 0 atom stereocenters. The summed E-state index contributed by atoms with van der Waals surface area (Å²) in [6.45, 7) is 6.33. The van der Waals surface area contributed by atoms with Gasteiger partial charge in [0.1, 0.15) is 11.6 Å². The Labute approximate surface area is 152 Å². The maximum absolute atomic E-state index is 10.4. The van der Waals surface area contributed by atoms with Crippen molar-refractivity contribution in [3.63, 3.8) is 0 Å². The third kappa shape index (κ3) is 2.65. The second kappa shape index (κ2) is 6.48. The molecular weight excluding hydrogens is 322 g/mol. The van der Waals surface area contributed by atoms with Crippen molar-refractivity contribution in [2.24, 2.45) is 4.99 Å². The molecule has 0 bridgehead atoms. The van der Waals surface area contributed by atoms with Gasteiger partial charge in [-0.05, 0) is 36.2 Å². The molecule has 0 spiro atoms. The summed E-state index contributed by atoms with van der Waals surface area (Å²) in [4.78, 5) is 11.1. The van der Waals surface area contributed by atoms with Crippen LogP contribution >= 0.6 is 0 Å². The van der Waals surface area contributed by atoms with Gasteiger partial charge >= 0.3 is 0 Å². The Balaban J connectivity index is 1.91. The smallest absolute Gasteiger partial charge is 0.147 e. The van der Waals surface area contributed by atoms with E-state index in [1.54, 1.807) is 18.5 Å². The fourth-order valence-electron chi connectivity index (χ4n) is 3.18. The van der Waals surface area contributed by atoms with E-state index in [-0.39, 0.29) is 5.75 Å². The number of para-hydroxylation sites is 1. The third-order valence-corrected chi connectivity index (χ3v) is 4.55. The van der Waals surface area contributed by atoms with E-state index in [0.717, 1.165) is 46.0 Å². The van der Waals surface area contributed by atoms with Gasteiger partial charge in [-0.2, -0.15) is 0 Å². The van der Waals surface area contributed by atoms with Crippen molar-refractivity contribution in [1.29, 1.82) is 0 Å². The Morgan fingerprint density at radius 2 is 1.92 bits per heavy atom. The van der Waals surface area contributed by atoms with Crippen molar-refractivity contribution in [3.8, 4) is 5.75 Å². The van der Waals surface area contributed by atoms with Gasteiger partial charge in [0.15, 0.2) is 0 Å². The number of anilines is 1. The van der Waals surface area contributed by atoms with Gasteiger partial charge in [0.05, 0.1) is 11.4 Å². The van der Waals surface area contributed by atoms with Gasteiger partial charge in [-0.1, -0.05) is 37.8 Å². The topological polar surface area (TPSA) is 48.7 Å². The van der Waals surface area contributed by atoms with E-state index in [1.807, 2.05) is 60.4 Å². The van der Waals surface area contributed by atoms with Crippen LogP contribution in [0.5, 0.6) is 5.75 Å². The minimum Gasteiger partial charge on any atom is -0.508 e. The Hall–Kier alpha value is -3.40. The van der Waals surface area contributed by atoms with Gasteiger partial charge < -0.3 is 5.11 Å². The summed E-state index contributed by atoms with van der Waals surface area (Å²) in [7, 11) is 0. The molecule has 2 heterocycles. The SMILES string of the molecule is C=C1c2ccccc2N=C(c2cccnc2)N1c1ccc(CC)c(O)c1. The Morgan fingerprint density at radius 1 is 1.08 bits per heavy atom. The molecule has 1 aliphatic heterocycles. The van der Waals surface area contributed by atoms with Crippen molar-refractivity contribution in [2.45, 2.75) is 13.3 Å². The molecule has 0 fully saturated rings. The van der Waals surface area contributed by atoms with Crippen molar-refractivity contribution >= 4 is 22.9 Å². The van der Waals surface area contributed by atoms with E-state index in [1.165, 1.54) is 0 Å². The average Bonchev–Trinajstić information content (AvgIpc) is 2.68. The molecule has 26 heavy (non-hydrogen) atoms. The van der Waals surface area contributed by atoms with Crippen molar-refractivity contribution in [1.82, 2.24) is 4.98 Å². The minimum absolute atomic E-state index is 0.280. The summed E-state index contributed by atoms with van der Waals surface area (Å²) in [6, 6.07) is 17.5. The Bertz CT molecular complexity index is 1010. The van der Waals surface area contributed by atoms with E-state index < -0.39 is 0 Å². The molecule has 1 aromatic heterocycles. The van der Waals surface area contributed by atoms with E-state index in [2.05, 4.69) is 11.6 Å². The summed E-state index contributed by atoms with van der Waals surface area (Å²) in [5, 5.41) is 10.4. The van der Waals surface area contributed by atoms with E-state index in [0.29, 0.717) is 0 Å². The normalized spacial score (nSPS) is 13.3. The number of pyridine rings is 1. The molecule has 2 aromatic carbocycles. The molecule has 3 aromatic rings. The lowest BCUT2D eigenvalue weighted by Gasteiger charge is -2.32. The minimum atomic E-state index is 0.280. The lowest BCUT2D eigenvalue weighted by molar-refractivity contribution is 0.469. The predicted molar refractivity (Wildman–Crippen MR) is 106 cm³/mol. The molecule has 128 valence electrons. The van der Waals surface area contributed by atoms with Crippen LogP contribution in [0.2, 0.25) is 0 Å². The van der Waals surface area contributed by atoms with E-state index in [4.69, 9.17) is 4.99 Å². The zero-order valence-corrected chi connectivity index (χ0v) is 14.6. The number of hydrogen-bond acceptors (Lipinski definition) is 4. The molecular formula is C22H19N3O. The second-order valence-electron chi connectivity index (χ2n) is 6.14. The Morgan fingerprint density at radius 3 is 2.65 bits per heavy atom. The van der Waals surface area contributed by atoms with Gasteiger partial charge in [-0.15, -0.1) is 0 Å². The van der Waals surface area contributed by atoms with Crippen LogP contribution in [0, 0.1) is 0 Å². The van der Waals surface area contributed by atoms with Crippen LogP contribution in [-0.4, -0.2) is 15.9 Å². The molecule has 4 rings (SSSR count). The molecule has 0 aliphatic carbocycles. The second-order valence-corrected chi connectivity index (χ2v) is 6.14. The molecule has 0 saturated heterocycles. The van der Waals surface area contributed by atoms with Crippen LogP contribution in [0.1, 0.15) is 23.6 Å². The fourth-order valence-corrected chi connectivity index (χ4v) is 3.18. The molecule has 4 nitrogen and oxygen atoms in total. The number of phenolic OH excluding ortho intramolecular Hbond substituents is 1. The van der Waals surface area contributed by atoms with Crippen LogP contribution in [0.15, 0.2) is 78.6 Å². The van der Waals surface area contributed by atoms with Crippen molar-refractivity contribution in [2.75, 3.05) is 4.90 Å². The summed E-state index contributed by atoms with van der Waals surface area (Å²) < 4.78 is 0. The highest BCUT2D eigenvalue weighted by molar-refractivity contribution is 6.20. The Kier molecular flexibility index (Phi) is 4.01. The van der Waals surface area contributed by atoms with Crippen molar-refractivity contribution in [3.05, 3.63) is 90.3 Å². The van der Waals surface area contributed by atoms with Gasteiger partial charge in [-0.25, -0.2) is 4.99 Å². The molecule has 0 unspecified atom stereocenters. The van der Waals surface area contributed by atoms with Crippen LogP contribution < -0.4 is 4.90 Å². The molecule has 4 heteroatoms. The van der Waals surface area contributed by atoms with Gasteiger partial charge in [-0.3, -0.25) is 9.88 Å². The summed E-state index contributed by atoms with van der Waals surface area (Å²) in [5.74, 6) is 1.02. The highest BCUT2D eigenvalue weighted by Crippen LogP contribution is 2.38. The average molecular weight is 341 g/mol. The fraction of sp³-hybridized carbons (Fsp3) is 0.0909. The van der Waals surface area contributed by atoms with Crippen LogP contribution in [0.25, 0.3) is 5.70 Å². The number of aryl methyl sites for hydroxylation is 1. The predicted octanol–water partition coefficient (Wildman–Crippen LogP) is 4.92. The van der Waals surface area contributed by atoms with Crippen LogP contribution in [0.4, 0.5) is 11.4 Å². The first-order valence-corrected chi connectivity index (χ1v) is 8.58. The van der Waals surface area contributed by atoms with E-state index in [9.17, 15) is 5.11 Å². The van der Waals surface area contributed by atoms with Gasteiger partial charge in [0, 0.05) is 35.3 Å². The summed E-state index contributed by atoms with van der Waals surface area (Å²) in [6.07, 6.45) is 4.30. The maximum Gasteiger partial charge on any atom is 0.147 e. The number of fused-ring (bicyclic) bond motifs is 1. The number of aliphatic imine (C=N–C) groups is 1. The first-order chi connectivity index (χ1) is 12.7. The summed E-state index contributed by atoms with van der Waals surface area (Å²) >= 11 is 0. The third-order valence-electron chi connectivity index (χ3n) is 4.55. The highest BCUT2D eigenvalue weighted by Gasteiger charge is 2.26. The number of aromatic nitrogens is 1. The number of benzene rings is 2. The standard InChI is InChI=1S/C22H19N3O/c1-3-16-10-11-18(13-21(16)26)25-15(2)19-8-4-5-9-20(19)24-22(25)17-7-6-12-23-14-17/h4-14,26H,2-3H2,1H3. The number of rotatable bonds is 3. The quantitative estimate of drug-likeness (QED) is 0.736. The lowest BCUT2D eigenvalue weighted by Crippen LogP contribution is -2.32. The highest BCUT2D eigenvalue weighted by atomic mass is 16.3. The summed E-state index contributed by atoms with van der Waals surface area (Å²) in [5.41, 5.74) is 5.29. The molecule has 1 N–H and O–H groups in total. The number of nitrogens with zero attached hydrogens (tertiary/aromatic N) is 3. The van der Waals surface area contributed by atoms with Gasteiger partial charge in [0.2, 0.25) is 0 Å².